The zero-order valence-corrected chi connectivity index (χ0v) is 21.3. The van der Waals surface area contributed by atoms with E-state index in [1.165, 1.54) is 5.56 Å². The number of aliphatic hydroxyl groups excluding tert-OH is 1. The van der Waals surface area contributed by atoms with Gasteiger partial charge in [0.1, 0.15) is 5.75 Å². The van der Waals surface area contributed by atoms with Crippen LogP contribution >= 0.6 is 0 Å². The number of nitrogens with one attached hydrogen (secondary N) is 1. The van der Waals surface area contributed by atoms with Crippen LogP contribution < -0.4 is 15.8 Å². The van der Waals surface area contributed by atoms with Crippen molar-refractivity contribution < 1.29 is 23.0 Å². The van der Waals surface area contributed by atoms with Crippen LogP contribution in [0.1, 0.15) is 55.2 Å². The molecule has 0 amide bonds. The smallest absolute Gasteiger partial charge is 0.194 e. The van der Waals surface area contributed by atoms with Crippen molar-refractivity contribution in [2.75, 3.05) is 20.2 Å². The Balaban J connectivity index is 1.44. The molecule has 1 atom stereocenters. The Morgan fingerprint density at radius 2 is 1.81 bits per heavy atom. The van der Waals surface area contributed by atoms with Gasteiger partial charge in [-0.25, -0.2) is 13.2 Å². The molecule has 1 aliphatic rings. The van der Waals surface area contributed by atoms with Gasteiger partial charge in [0.25, 0.3) is 0 Å². The number of ether oxygens (including phenoxy) is 1. The molecule has 1 unspecified atom stereocenters. The molecule has 1 fully saturated rings. The fraction of sp³-hybridized carbons (Fsp3) is 0.483. The van der Waals surface area contributed by atoms with Gasteiger partial charge in [0.2, 0.25) is 0 Å². The second kappa shape index (κ2) is 12.2. The highest BCUT2D eigenvalue weighted by molar-refractivity contribution is 5.84. The fourth-order valence-electron chi connectivity index (χ4n) is 5.72. The van der Waals surface area contributed by atoms with Crippen molar-refractivity contribution in [2.45, 2.75) is 64.0 Å². The first-order chi connectivity index (χ1) is 17.9. The molecular formula is C29H36F3N3O2. The Morgan fingerprint density at radius 3 is 2.49 bits per heavy atom. The number of rotatable bonds is 11. The summed E-state index contributed by atoms with van der Waals surface area (Å²) >= 11 is 0. The molecule has 2 heterocycles. The Hall–Kier alpha value is -2.68. The molecule has 0 aliphatic carbocycles. The lowest BCUT2D eigenvalue weighted by atomic mass is 9.69. The molecular weight excluding hydrogens is 479 g/mol. The van der Waals surface area contributed by atoms with E-state index >= 15 is 0 Å². The number of pyridine rings is 1. The number of hydrogen-bond donors (Lipinski definition) is 3. The number of nitrogens with zero attached hydrogens (tertiary/aromatic N) is 1. The molecule has 1 aliphatic heterocycles. The Kier molecular flexibility index (Phi) is 9.05. The summed E-state index contributed by atoms with van der Waals surface area (Å²) in [6.45, 7) is 2.08. The van der Waals surface area contributed by atoms with E-state index < -0.39 is 23.6 Å². The second-order valence-electron chi connectivity index (χ2n) is 10.1. The molecule has 200 valence electrons. The lowest BCUT2D eigenvalue weighted by molar-refractivity contribution is -0.0131. The van der Waals surface area contributed by atoms with Crippen LogP contribution in [0.5, 0.6) is 5.75 Å². The summed E-state index contributed by atoms with van der Waals surface area (Å²) in [6, 6.07) is 7.93. The maximum absolute atomic E-state index is 13.6. The molecule has 37 heavy (non-hydrogen) atoms. The molecule has 4 N–H and O–H groups in total. The number of methoxy groups -OCH3 is 1. The number of benzene rings is 2. The van der Waals surface area contributed by atoms with Crippen LogP contribution in [-0.4, -0.2) is 36.4 Å². The molecule has 1 aromatic heterocycles. The van der Waals surface area contributed by atoms with Gasteiger partial charge in [-0.3, -0.25) is 4.98 Å². The second-order valence-corrected chi connectivity index (χ2v) is 10.1. The van der Waals surface area contributed by atoms with Gasteiger partial charge in [-0.1, -0.05) is 0 Å². The van der Waals surface area contributed by atoms with Crippen LogP contribution in [0.4, 0.5) is 13.2 Å². The van der Waals surface area contributed by atoms with Crippen molar-refractivity contribution >= 4 is 10.9 Å². The summed E-state index contributed by atoms with van der Waals surface area (Å²) in [4.78, 5) is 4.55. The van der Waals surface area contributed by atoms with Crippen LogP contribution in [0.25, 0.3) is 10.9 Å². The number of piperidine rings is 1. The predicted octanol–water partition coefficient (Wildman–Crippen LogP) is 5.20. The van der Waals surface area contributed by atoms with E-state index in [0.29, 0.717) is 31.4 Å². The van der Waals surface area contributed by atoms with E-state index in [2.05, 4.69) is 10.3 Å². The van der Waals surface area contributed by atoms with Gasteiger partial charge < -0.3 is 20.9 Å². The summed E-state index contributed by atoms with van der Waals surface area (Å²) in [6.07, 6.45) is 7.05. The van der Waals surface area contributed by atoms with Crippen LogP contribution in [0.15, 0.2) is 36.5 Å². The van der Waals surface area contributed by atoms with E-state index in [1.54, 1.807) is 7.11 Å². The van der Waals surface area contributed by atoms with Crippen LogP contribution in [0.3, 0.4) is 0 Å². The maximum Gasteiger partial charge on any atom is 0.194 e. The largest absolute Gasteiger partial charge is 0.497 e. The normalized spacial score (nSPS) is 16.2. The van der Waals surface area contributed by atoms with Gasteiger partial charge in [-0.15, -0.1) is 0 Å². The van der Waals surface area contributed by atoms with Crippen molar-refractivity contribution in [3.05, 3.63) is 70.7 Å². The average molecular weight is 516 g/mol. The first-order valence-corrected chi connectivity index (χ1v) is 13.0. The Labute approximate surface area is 216 Å². The molecule has 0 bridgehead atoms. The number of fused-ring (bicyclic) bond motifs is 1. The number of aryl methyl sites for hydroxylation is 2. The molecule has 0 radical (unpaired) electrons. The minimum absolute atomic E-state index is 0.228. The third-order valence-corrected chi connectivity index (χ3v) is 7.89. The third-order valence-electron chi connectivity index (χ3n) is 7.89. The van der Waals surface area contributed by atoms with Crippen LogP contribution in [-0.2, 0) is 19.4 Å². The third kappa shape index (κ3) is 6.25. The maximum atomic E-state index is 13.6. The Morgan fingerprint density at radius 1 is 1.08 bits per heavy atom. The average Bonchev–Trinajstić information content (AvgIpc) is 2.91. The van der Waals surface area contributed by atoms with Crippen molar-refractivity contribution in [1.29, 1.82) is 0 Å². The molecule has 0 saturated carbocycles. The highest BCUT2D eigenvalue weighted by atomic mass is 19.2. The SMILES string of the molecule is COc1ccc2ncc(CN)c(CCCC3(C(O)CCCc4cc(F)c(F)c(F)c4)CCNCC3)c2c1. The van der Waals surface area contributed by atoms with Gasteiger partial charge in [-0.05, 0) is 117 Å². The summed E-state index contributed by atoms with van der Waals surface area (Å²) in [5.41, 5.74) is 9.30. The van der Waals surface area contributed by atoms with Gasteiger partial charge in [0.05, 0.1) is 18.7 Å². The predicted molar refractivity (Wildman–Crippen MR) is 139 cm³/mol. The summed E-state index contributed by atoms with van der Waals surface area (Å²) in [5.74, 6) is -3.03. The fourth-order valence-corrected chi connectivity index (χ4v) is 5.72. The van der Waals surface area contributed by atoms with E-state index in [0.717, 1.165) is 79.5 Å². The summed E-state index contributed by atoms with van der Waals surface area (Å²) in [7, 11) is 1.65. The van der Waals surface area contributed by atoms with Crippen molar-refractivity contribution in [1.82, 2.24) is 10.3 Å². The summed E-state index contributed by atoms with van der Waals surface area (Å²) < 4.78 is 45.8. The van der Waals surface area contributed by atoms with Crippen molar-refractivity contribution in [3.8, 4) is 5.75 Å². The number of nitrogens with two attached hydrogens (primary N) is 1. The van der Waals surface area contributed by atoms with Gasteiger partial charge in [-0.2, -0.15) is 0 Å². The topological polar surface area (TPSA) is 80.4 Å². The van der Waals surface area contributed by atoms with E-state index in [9.17, 15) is 18.3 Å². The van der Waals surface area contributed by atoms with Gasteiger partial charge in [0.15, 0.2) is 17.5 Å². The Bertz CT molecular complexity index is 1190. The number of hydrogen-bond acceptors (Lipinski definition) is 5. The highest BCUT2D eigenvalue weighted by Gasteiger charge is 2.38. The van der Waals surface area contributed by atoms with E-state index in [-0.39, 0.29) is 5.41 Å². The molecule has 0 spiro atoms. The molecule has 3 aromatic rings. The zero-order valence-electron chi connectivity index (χ0n) is 21.3. The molecule has 4 rings (SSSR count). The summed E-state index contributed by atoms with van der Waals surface area (Å²) in [5, 5.41) is 15.7. The number of aliphatic hydroxyl groups is 1. The quantitative estimate of drug-likeness (QED) is 0.306. The van der Waals surface area contributed by atoms with Gasteiger partial charge in [0, 0.05) is 18.1 Å². The van der Waals surface area contributed by atoms with Crippen LogP contribution in [0.2, 0.25) is 0 Å². The van der Waals surface area contributed by atoms with Gasteiger partial charge >= 0.3 is 0 Å². The van der Waals surface area contributed by atoms with Crippen molar-refractivity contribution in [2.24, 2.45) is 11.1 Å². The lowest BCUT2D eigenvalue weighted by Gasteiger charge is -2.42. The monoisotopic (exact) mass is 515 g/mol. The number of aromatic nitrogens is 1. The molecule has 2 aromatic carbocycles. The van der Waals surface area contributed by atoms with E-state index in [4.69, 9.17) is 10.5 Å². The number of halogens is 3. The van der Waals surface area contributed by atoms with E-state index in [1.807, 2.05) is 24.4 Å². The standard InChI is InChI=1S/C29H36F3N3O2/c1-37-21-7-8-26-23(16-21)22(20(17-33)18-35-26)5-3-9-29(10-12-34-13-11-29)27(36)6-2-4-19-14-24(30)28(32)25(31)15-19/h7-8,14-16,18,27,34,36H,2-6,9-13,17,33H2,1H3. The first kappa shape index (κ1) is 27.4. The van der Waals surface area contributed by atoms with Crippen LogP contribution in [0, 0.1) is 22.9 Å². The minimum Gasteiger partial charge on any atom is -0.497 e. The molecule has 1 saturated heterocycles. The zero-order chi connectivity index (χ0) is 26.4. The minimum atomic E-state index is -1.45. The first-order valence-electron chi connectivity index (χ1n) is 13.0. The molecule has 5 nitrogen and oxygen atoms in total. The lowest BCUT2D eigenvalue weighted by Crippen LogP contribution is -2.44. The van der Waals surface area contributed by atoms with Crippen molar-refractivity contribution in [3.63, 3.8) is 0 Å². The molecule has 8 heteroatoms. The highest BCUT2D eigenvalue weighted by Crippen LogP contribution is 2.40.